The number of aromatic nitrogens is 4. The molecule has 3 heterocycles. The predicted molar refractivity (Wildman–Crippen MR) is 79.5 cm³/mol. The van der Waals surface area contributed by atoms with E-state index in [9.17, 15) is 0 Å². The van der Waals surface area contributed by atoms with Crippen LogP contribution in [0.15, 0.2) is 24.1 Å². The minimum absolute atomic E-state index is 0.642. The van der Waals surface area contributed by atoms with Crippen molar-refractivity contribution in [1.29, 1.82) is 0 Å². The van der Waals surface area contributed by atoms with Crippen molar-refractivity contribution in [3.8, 4) is 0 Å². The van der Waals surface area contributed by atoms with Crippen LogP contribution >= 0.6 is 11.3 Å². The molecule has 0 saturated carbocycles. The van der Waals surface area contributed by atoms with Gasteiger partial charge in [0, 0.05) is 13.3 Å². The minimum Gasteiger partial charge on any atom is -0.383 e. The van der Waals surface area contributed by atoms with E-state index in [2.05, 4.69) is 32.7 Å². The number of fused-ring (bicyclic) bond motifs is 1. The van der Waals surface area contributed by atoms with E-state index in [1.807, 2.05) is 10.9 Å². The summed E-state index contributed by atoms with van der Waals surface area (Å²) in [5.41, 5.74) is 3.08. The first-order valence-electron chi connectivity index (χ1n) is 6.25. The summed E-state index contributed by atoms with van der Waals surface area (Å²) >= 11 is 1.65. The van der Waals surface area contributed by atoms with Gasteiger partial charge >= 0.3 is 0 Å². The van der Waals surface area contributed by atoms with Crippen LogP contribution in [0.4, 0.5) is 11.5 Å². The summed E-state index contributed by atoms with van der Waals surface area (Å²) in [6, 6.07) is 0. The van der Waals surface area contributed by atoms with Crippen molar-refractivity contribution in [2.75, 3.05) is 19.0 Å². The summed E-state index contributed by atoms with van der Waals surface area (Å²) in [5, 5.41) is 9.65. The van der Waals surface area contributed by atoms with E-state index in [1.54, 1.807) is 31.0 Å². The van der Waals surface area contributed by atoms with Crippen LogP contribution in [0, 0.1) is 6.92 Å². The maximum absolute atomic E-state index is 5.03. The molecule has 0 aliphatic carbocycles. The van der Waals surface area contributed by atoms with Crippen LogP contribution in [0.25, 0.3) is 10.2 Å². The zero-order chi connectivity index (χ0) is 13.9. The molecule has 0 unspecified atom stereocenters. The van der Waals surface area contributed by atoms with Crippen LogP contribution in [-0.2, 0) is 11.3 Å². The molecule has 0 amide bonds. The van der Waals surface area contributed by atoms with Crippen molar-refractivity contribution < 1.29 is 4.74 Å². The van der Waals surface area contributed by atoms with Crippen molar-refractivity contribution in [2.45, 2.75) is 13.5 Å². The molecule has 3 aromatic heterocycles. The molecule has 0 spiro atoms. The Kier molecular flexibility index (Phi) is 3.62. The predicted octanol–water partition coefficient (Wildman–Crippen LogP) is 2.59. The molecule has 0 aliphatic heterocycles. The number of anilines is 2. The van der Waals surface area contributed by atoms with Crippen molar-refractivity contribution in [3.05, 3.63) is 29.7 Å². The number of thiophene rings is 1. The van der Waals surface area contributed by atoms with Gasteiger partial charge < -0.3 is 10.1 Å². The zero-order valence-electron chi connectivity index (χ0n) is 11.3. The smallest absolute Gasteiger partial charge is 0.151 e. The van der Waals surface area contributed by atoms with Crippen LogP contribution in [0.3, 0.4) is 0 Å². The lowest BCUT2D eigenvalue weighted by Crippen LogP contribution is -2.03. The highest BCUT2D eigenvalue weighted by molar-refractivity contribution is 7.18. The average Bonchev–Trinajstić information content (AvgIpc) is 3.05. The van der Waals surface area contributed by atoms with Gasteiger partial charge in [0.2, 0.25) is 0 Å². The summed E-state index contributed by atoms with van der Waals surface area (Å²) in [4.78, 5) is 8.62. The van der Waals surface area contributed by atoms with Gasteiger partial charge in [-0.05, 0) is 17.9 Å². The summed E-state index contributed by atoms with van der Waals surface area (Å²) in [6.45, 7) is 3.43. The maximum atomic E-state index is 5.03. The molecule has 0 fully saturated rings. The van der Waals surface area contributed by atoms with Crippen LogP contribution in [0.5, 0.6) is 0 Å². The van der Waals surface area contributed by atoms with E-state index in [-0.39, 0.29) is 0 Å². The number of hydrogen-bond donors (Lipinski definition) is 1. The third-order valence-corrected chi connectivity index (χ3v) is 4.05. The van der Waals surface area contributed by atoms with E-state index >= 15 is 0 Å². The second-order valence-corrected chi connectivity index (χ2v) is 5.31. The number of rotatable bonds is 5. The Labute approximate surface area is 120 Å². The Hall–Kier alpha value is -1.99. The van der Waals surface area contributed by atoms with E-state index in [0.29, 0.717) is 6.61 Å². The van der Waals surface area contributed by atoms with Gasteiger partial charge in [0.05, 0.1) is 35.3 Å². The maximum Gasteiger partial charge on any atom is 0.151 e. The van der Waals surface area contributed by atoms with Gasteiger partial charge in [-0.15, -0.1) is 11.3 Å². The first-order chi connectivity index (χ1) is 9.78. The molecule has 20 heavy (non-hydrogen) atoms. The molecule has 0 aromatic carbocycles. The lowest BCUT2D eigenvalue weighted by molar-refractivity contribution is 0.183. The Morgan fingerprint density at radius 1 is 1.40 bits per heavy atom. The van der Waals surface area contributed by atoms with Gasteiger partial charge in [0.15, 0.2) is 5.82 Å². The van der Waals surface area contributed by atoms with Crippen molar-refractivity contribution >= 4 is 33.1 Å². The van der Waals surface area contributed by atoms with E-state index < -0.39 is 0 Å². The van der Waals surface area contributed by atoms with Gasteiger partial charge in [0.1, 0.15) is 6.33 Å². The van der Waals surface area contributed by atoms with Crippen molar-refractivity contribution in [3.63, 3.8) is 0 Å². The summed E-state index contributed by atoms with van der Waals surface area (Å²) < 4.78 is 7.94. The number of hydrogen-bond acceptors (Lipinski definition) is 6. The Morgan fingerprint density at radius 2 is 2.30 bits per heavy atom. The largest absolute Gasteiger partial charge is 0.383 e. The van der Waals surface area contributed by atoms with Crippen molar-refractivity contribution in [2.24, 2.45) is 0 Å². The van der Waals surface area contributed by atoms with E-state index in [0.717, 1.165) is 28.3 Å². The molecule has 6 nitrogen and oxygen atoms in total. The fourth-order valence-electron chi connectivity index (χ4n) is 1.93. The quantitative estimate of drug-likeness (QED) is 0.782. The average molecular weight is 289 g/mol. The summed E-state index contributed by atoms with van der Waals surface area (Å²) in [6.07, 6.45) is 5.30. The molecule has 7 heteroatoms. The molecular weight excluding hydrogens is 274 g/mol. The normalized spacial score (nSPS) is 11.1. The van der Waals surface area contributed by atoms with E-state index in [4.69, 9.17) is 4.74 Å². The molecule has 0 radical (unpaired) electrons. The highest BCUT2D eigenvalue weighted by Gasteiger charge is 2.09. The standard InChI is InChI=1S/C13H15N5OS/c1-9-7-20-12-11(9)14-8-15-13(12)17-10-5-16-18(6-10)3-4-19-2/h5-8H,3-4H2,1-2H3,(H,14,15,17). The number of nitrogens with one attached hydrogen (secondary N) is 1. The number of methoxy groups -OCH3 is 1. The number of aryl methyl sites for hydroxylation is 1. The molecule has 0 atom stereocenters. The lowest BCUT2D eigenvalue weighted by Gasteiger charge is -2.03. The second-order valence-electron chi connectivity index (χ2n) is 4.43. The van der Waals surface area contributed by atoms with Crippen LogP contribution in [0.2, 0.25) is 0 Å². The first-order valence-corrected chi connectivity index (χ1v) is 7.13. The Morgan fingerprint density at radius 3 is 3.15 bits per heavy atom. The molecule has 3 rings (SSSR count). The monoisotopic (exact) mass is 289 g/mol. The third-order valence-electron chi connectivity index (χ3n) is 2.95. The van der Waals surface area contributed by atoms with Gasteiger partial charge in [-0.1, -0.05) is 0 Å². The van der Waals surface area contributed by atoms with Gasteiger partial charge in [0.25, 0.3) is 0 Å². The van der Waals surface area contributed by atoms with Crippen LogP contribution in [-0.4, -0.2) is 33.5 Å². The van der Waals surface area contributed by atoms with Crippen molar-refractivity contribution in [1.82, 2.24) is 19.7 Å². The second kappa shape index (κ2) is 5.56. The summed E-state index contributed by atoms with van der Waals surface area (Å²) in [5.74, 6) is 0.819. The van der Waals surface area contributed by atoms with E-state index in [1.165, 1.54) is 5.56 Å². The number of nitrogens with zero attached hydrogens (tertiary/aromatic N) is 4. The lowest BCUT2D eigenvalue weighted by atomic mass is 10.3. The molecule has 3 aromatic rings. The highest BCUT2D eigenvalue weighted by Crippen LogP contribution is 2.30. The van der Waals surface area contributed by atoms with Crippen LogP contribution < -0.4 is 5.32 Å². The molecule has 1 N–H and O–H groups in total. The molecule has 104 valence electrons. The molecule has 0 aliphatic rings. The minimum atomic E-state index is 0.642. The fraction of sp³-hybridized carbons (Fsp3) is 0.308. The molecular formula is C13H15N5OS. The SMILES string of the molecule is COCCn1cc(Nc2ncnc3c(C)csc23)cn1. The van der Waals surface area contributed by atoms with Crippen LogP contribution in [0.1, 0.15) is 5.56 Å². The third kappa shape index (κ3) is 2.50. The number of ether oxygens (including phenoxy) is 1. The first kappa shape index (κ1) is 13.0. The zero-order valence-corrected chi connectivity index (χ0v) is 12.1. The molecule has 0 bridgehead atoms. The fourth-order valence-corrected chi connectivity index (χ4v) is 2.88. The Balaban J connectivity index is 1.84. The van der Waals surface area contributed by atoms with Gasteiger partial charge in [-0.2, -0.15) is 5.10 Å². The Bertz CT molecular complexity index is 720. The van der Waals surface area contributed by atoms with Gasteiger partial charge in [-0.25, -0.2) is 9.97 Å². The summed E-state index contributed by atoms with van der Waals surface area (Å²) in [7, 11) is 1.68. The topological polar surface area (TPSA) is 64.9 Å². The van der Waals surface area contributed by atoms with Gasteiger partial charge in [-0.3, -0.25) is 4.68 Å². The molecule has 0 saturated heterocycles. The highest BCUT2D eigenvalue weighted by atomic mass is 32.1.